The summed E-state index contributed by atoms with van der Waals surface area (Å²) in [5, 5.41) is 13.8. The molecule has 17 heavy (non-hydrogen) atoms. The smallest absolute Gasteiger partial charge is 0.181 e. The first-order chi connectivity index (χ1) is 8.38. The van der Waals surface area contributed by atoms with Crippen LogP contribution < -0.4 is 0 Å². The highest BCUT2D eigenvalue weighted by Crippen LogP contribution is 2.25. The molecule has 2 heterocycles. The molecule has 0 bridgehead atoms. The van der Waals surface area contributed by atoms with E-state index in [1.165, 1.54) is 0 Å². The standard InChI is InChI=1S/C13H15N3O/c17-9-11-7-4-8-12-14-13(15-16(11)12)10-5-2-1-3-6-10/h1-3,5-6,11,17H,4,7-9H2. The largest absolute Gasteiger partial charge is 0.394 e. The molecule has 2 aromatic rings. The summed E-state index contributed by atoms with van der Waals surface area (Å²) in [6, 6.07) is 10.1. The van der Waals surface area contributed by atoms with Gasteiger partial charge < -0.3 is 5.11 Å². The zero-order valence-corrected chi connectivity index (χ0v) is 9.58. The van der Waals surface area contributed by atoms with Gasteiger partial charge in [0.2, 0.25) is 0 Å². The molecule has 0 radical (unpaired) electrons. The number of aromatic nitrogens is 3. The van der Waals surface area contributed by atoms with Crippen molar-refractivity contribution < 1.29 is 5.11 Å². The van der Waals surface area contributed by atoms with Crippen LogP contribution in [-0.4, -0.2) is 26.5 Å². The van der Waals surface area contributed by atoms with Gasteiger partial charge in [-0.2, -0.15) is 5.10 Å². The van der Waals surface area contributed by atoms with E-state index in [9.17, 15) is 5.11 Å². The predicted molar refractivity (Wildman–Crippen MR) is 64.5 cm³/mol. The van der Waals surface area contributed by atoms with Gasteiger partial charge in [-0.3, -0.25) is 0 Å². The normalized spacial score (nSPS) is 19.0. The Labute approximate surface area is 99.9 Å². The number of aliphatic hydroxyl groups excluding tert-OH is 1. The Bertz CT molecular complexity index is 507. The van der Waals surface area contributed by atoms with Crippen LogP contribution in [0.1, 0.15) is 24.7 Å². The molecule has 1 aromatic heterocycles. The van der Waals surface area contributed by atoms with Gasteiger partial charge in [-0.1, -0.05) is 30.3 Å². The third kappa shape index (κ3) is 1.85. The second kappa shape index (κ2) is 4.30. The van der Waals surface area contributed by atoms with E-state index >= 15 is 0 Å². The lowest BCUT2D eigenvalue weighted by molar-refractivity contribution is 0.195. The maximum absolute atomic E-state index is 9.33. The van der Waals surface area contributed by atoms with Gasteiger partial charge >= 0.3 is 0 Å². The summed E-state index contributed by atoms with van der Waals surface area (Å²) in [6.45, 7) is 0.143. The zero-order chi connectivity index (χ0) is 11.7. The predicted octanol–water partition coefficient (Wildman–Crippen LogP) is 1.81. The lowest BCUT2D eigenvalue weighted by Crippen LogP contribution is -2.21. The number of aryl methyl sites for hydroxylation is 1. The molecule has 0 saturated carbocycles. The van der Waals surface area contributed by atoms with Crippen LogP contribution in [0.2, 0.25) is 0 Å². The molecular formula is C13H15N3O. The minimum atomic E-state index is 0.101. The molecule has 1 atom stereocenters. The van der Waals surface area contributed by atoms with Gasteiger partial charge in [-0.15, -0.1) is 0 Å². The molecule has 1 N–H and O–H groups in total. The maximum atomic E-state index is 9.33. The summed E-state index contributed by atoms with van der Waals surface area (Å²) in [5.41, 5.74) is 1.03. The lowest BCUT2D eigenvalue weighted by atomic mass is 10.1. The van der Waals surface area contributed by atoms with Crippen molar-refractivity contribution in [1.29, 1.82) is 0 Å². The summed E-state index contributed by atoms with van der Waals surface area (Å²) in [6.07, 6.45) is 3.02. The van der Waals surface area contributed by atoms with Gasteiger partial charge in [0.15, 0.2) is 5.82 Å². The maximum Gasteiger partial charge on any atom is 0.181 e. The van der Waals surface area contributed by atoms with Crippen molar-refractivity contribution in [1.82, 2.24) is 14.8 Å². The van der Waals surface area contributed by atoms with Crippen molar-refractivity contribution in [2.75, 3.05) is 6.61 Å². The molecule has 0 spiro atoms. The molecule has 0 saturated heterocycles. The average Bonchev–Trinajstić information content (AvgIpc) is 2.83. The Morgan fingerprint density at radius 3 is 2.88 bits per heavy atom. The first-order valence-electron chi connectivity index (χ1n) is 6.00. The van der Waals surface area contributed by atoms with Gasteiger partial charge in [0.1, 0.15) is 5.82 Å². The summed E-state index contributed by atoms with van der Waals surface area (Å²) in [7, 11) is 0. The van der Waals surface area contributed by atoms with Crippen LogP contribution in [-0.2, 0) is 6.42 Å². The summed E-state index contributed by atoms with van der Waals surface area (Å²) in [4.78, 5) is 4.56. The van der Waals surface area contributed by atoms with Crippen LogP contribution in [0.25, 0.3) is 11.4 Å². The minimum Gasteiger partial charge on any atom is -0.394 e. The van der Waals surface area contributed by atoms with Gasteiger partial charge in [-0.25, -0.2) is 9.67 Å². The number of hydrogen-bond donors (Lipinski definition) is 1. The van der Waals surface area contributed by atoms with Gasteiger partial charge in [0, 0.05) is 12.0 Å². The van der Waals surface area contributed by atoms with E-state index in [1.54, 1.807) is 0 Å². The van der Waals surface area contributed by atoms with Crippen LogP contribution in [0.15, 0.2) is 30.3 Å². The number of fused-ring (bicyclic) bond motifs is 1. The minimum absolute atomic E-state index is 0.101. The molecular weight excluding hydrogens is 214 g/mol. The van der Waals surface area contributed by atoms with Crippen molar-refractivity contribution in [3.63, 3.8) is 0 Å². The molecule has 88 valence electrons. The van der Waals surface area contributed by atoms with E-state index < -0.39 is 0 Å². The Balaban J connectivity index is 2.02. The number of hydrogen-bond acceptors (Lipinski definition) is 3. The summed E-state index contributed by atoms with van der Waals surface area (Å²) >= 11 is 0. The average molecular weight is 229 g/mol. The SMILES string of the molecule is OCC1CCCc2nc(-c3ccccc3)nn21. The van der Waals surface area contributed by atoms with Crippen LogP contribution in [0.4, 0.5) is 0 Å². The van der Waals surface area contributed by atoms with Crippen molar-refractivity contribution >= 4 is 0 Å². The monoisotopic (exact) mass is 229 g/mol. The second-order valence-electron chi connectivity index (χ2n) is 4.39. The highest BCUT2D eigenvalue weighted by molar-refractivity contribution is 5.54. The van der Waals surface area contributed by atoms with Gasteiger partial charge in [0.25, 0.3) is 0 Å². The van der Waals surface area contributed by atoms with E-state index in [-0.39, 0.29) is 12.6 Å². The molecule has 4 nitrogen and oxygen atoms in total. The molecule has 0 amide bonds. The molecule has 1 aromatic carbocycles. The molecule has 4 heteroatoms. The first kappa shape index (κ1) is 10.5. The van der Waals surface area contributed by atoms with Gasteiger partial charge in [0.05, 0.1) is 12.6 Å². The van der Waals surface area contributed by atoms with Crippen LogP contribution in [0.5, 0.6) is 0 Å². The van der Waals surface area contributed by atoms with Crippen LogP contribution in [0.3, 0.4) is 0 Å². The fraction of sp³-hybridized carbons (Fsp3) is 0.385. The van der Waals surface area contributed by atoms with E-state index in [0.717, 1.165) is 36.5 Å². The number of aliphatic hydroxyl groups is 1. The first-order valence-corrected chi connectivity index (χ1v) is 6.00. The van der Waals surface area contributed by atoms with E-state index in [2.05, 4.69) is 10.1 Å². The molecule has 1 aliphatic rings. The Kier molecular flexibility index (Phi) is 2.65. The van der Waals surface area contributed by atoms with Crippen LogP contribution >= 0.6 is 0 Å². The zero-order valence-electron chi connectivity index (χ0n) is 9.58. The lowest BCUT2D eigenvalue weighted by Gasteiger charge is -2.20. The van der Waals surface area contributed by atoms with E-state index in [0.29, 0.717) is 0 Å². The van der Waals surface area contributed by atoms with Crippen molar-refractivity contribution in [2.45, 2.75) is 25.3 Å². The Morgan fingerprint density at radius 1 is 1.29 bits per heavy atom. The van der Waals surface area contributed by atoms with Crippen molar-refractivity contribution in [2.24, 2.45) is 0 Å². The second-order valence-corrected chi connectivity index (χ2v) is 4.39. The fourth-order valence-electron chi connectivity index (χ4n) is 2.31. The Hall–Kier alpha value is -1.68. The van der Waals surface area contributed by atoms with Crippen LogP contribution in [0, 0.1) is 0 Å². The third-order valence-electron chi connectivity index (χ3n) is 3.23. The summed E-state index contributed by atoms with van der Waals surface area (Å²) in [5.74, 6) is 1.76. The number of benzene rings is 1. The number of nitrogens with zero attached hydrogens (tertiary/aromatic N) is 3. The topological polar surface area (TPSA) is 50.9 Å². The highest BCUT2D eigenvalue weighted by Gasteiger charge is 2.22. The number of rotatable bonds is 2. The quantitative estimate of drug-likeness (QED) is 0.854. The van der Waals surface area contributed by atoms with E-state index in [1.807, 2.05) is 35.0 Å². The van der Waals surface area contributed by atoms with Gasteiger partial charge in [-0.05, 0) is 12.8 Å². The summed E-state index contributed by atoms with van der Waals surface area (Å²) < 4.78 is 1.89. The van der Waals surface area contributed by atoms with E-state index in [4.69, 9.17) is 0 Å². The highest BCUT2D eigenvalue weighted by atomic mass is 16.3. The van der Waals surface area contributed by atoms with Crippen molar-refractivity contribution in [3.05, 3.63) is 36.2 Å². The molecule has 1 unspecified atom stereocenters. The third-order valence-corrected chi connectivity index (χ3v) is 3.23. The molecule has 0 aliphatic carbocycles. The Morgan fingerprint density at radius 2 is 2.12 bits per heavy atom. The fourth-order valence-corrected chi connectivity index (χ4v) is 2.31. The molecule has 0 fully saturated rings. The van der Waals surface area contributed by atoms with Crippen molar-refractivity contribution in [3.8, 4) is 11.4 Å². The molecule has 1 aliphatic heterocycles. The molecule has 3 rings (SSSR count).